The van der Waals surface area contributed by atoms with Gasteiger partial charge in [0, 0.05) is 18.9 Å². The van der Waals surface area contributed by atoms with Crippen LogP contribution < -0.4 is 10.5 Å². The number of fused-ring (bicyclic) bond motifs is 1. The number of hydrogen-bond acceptors (Lipinski definition) is 4. The third kappa shape index (κ3) is 2.28. The van der Waals surface area contributed by atoms with Gasteiger partial charge >= 0.3 is 0 Å². The summed E-state index contributed by atoms with van der Waals surface area (Å²) < 4.78 is 6.12. The zero-order chi connectivity index (χ0) is 16.8. The number of ether oxygens (including phenoxy) is 1. The van der Waals surface area contributed by atoms with E-state index in [-0.39, 0.29) is 11.9 Å². The lowest BCUT2D eigenvalue weighted by Crippen LogP contribution is -2.59. The number of amides is 1. The molecule has 1 heterocycles. The second-order valence-electron chi connectivity index (χ2n) is 6.05. The van der Waals surface area contributed by atoms with Crippen LogP contribution in [0.15, 0.2) is 0 Å². The van der Waals surface area contributed by atoms with Crippen molar-refractivity contribution in [3.63, 3.8) is 0 Å². The number of carbonyl (C=O) groups is 1. The molecule has 0 bridgehead atoms. The minimum absolute atomic E-state index is 0.290. The van der Waals surface area contributed by atoms with Gasteiger partial charge in [0.05, 0.1) is 0 Å². The average Bonchev–Trinajstić information content (AvgIpc) is 2.41. The van der Waals surface area contributed by atoms with Crippen LogP contribution in [-0.2, 0) is 11.2 Å². The maximum atomic E-state index is 11.9. The van der Waals surface area contributed by atoms with Crippen molar-refractivity contribution < 1.29 is 14.6 Å². The molecule has 22 heavy (non-hydrogen) atoms. The summed E-state index contributed by atoms with van der Waals surface area (Å²) in [7, 11) is 0. The maximum absolute atomic E-state index is 11.9. The lowest BCUT2D eigenvalue weighted by atomic mass is 9.89. The fraction of sp³-hybridized carbons (Fsp3) is 0.500. The molecule has 0 saturated heterocycles. The minimum atomic E-state index is -0.995. The van der Waals surface area contributed by atoms with Crippen molar-refractivity contribution in [1.82, 2.24) is 4.90 Å². The molecule has 0 radical (unpaired) electrons. The molecule has 0 fully saturated rings. The van der Waals surface area contributed by atoms with E-state index in [4.69, 9.17) is 15.9 Å². The van der Waals surface area contributed by atoms with Gasteiger partial charge in [-0.3, -0.25) is 10.2 Å². The Morgan fingerprint density at radius 2 is 1.91 bits per heavy atom. The van der Waals surface area contributed by atoms with Crippen LogP contribution >= 0.6 is 0 Å². The molecule has 1 aliphatic rings. The topological polar surface area (TPSA) is 99.6 Å². The van der Waals surface area contributed by atoms with Gasteiger partial charge < -0.3 is 15.6 Å². The quantitative estimate of drug-likeness (QED) is 0.546. The Hall–Kier alpha value is -2.24. The fourth-order valence-electron chi connectivity index (χ4n) is 3.15. The van der Waals surface area contributed by atoms with Crippen molar-refractivity contribution in [2.24, 2.45) is 5.73 Å². The summed E-state index contributed by atoms with van der Waals surface area (Å²) in [5, 5.41) is 17.8. The van der Waals surface area contributed by atoms with E-state index < -0.39 is 5.72 Å². The number of nitrogens with one attached hydrogen (secondary N) is 1. The number of nitrogens with two attached hydrogens (primary N) is 1. The van der Waals surface area contributed by atoms with Crippen LogP contribution in [0.5, 0.6) is 11.5 Å². The number of rotatable bonds is 1. The number of aromatic hydroxyl groups is 1. The Balaban J connectivity index is 2.56. The van der Waals surface area contributed by atoms with Crippen molar-refractivity contribution in [2.45, 2.75) is 53.2 Å². The van der Waals surface area contributed by atoms with E-state index >= 15 is 0 Å². The minimum Gasteiger partial charge on any atom is -0.507 e. The monoisotopic (exact) mass is 305 g/mol. The number of nitrogens with zero attached hydrogens (tertiary/aromatic N) is 1. The number of carbonyl (C=O) groups excluding carboxylic acids is 1. The number of phenolic OH excluding ortho intramolecular Hbond substituents is 1. The summed E-state index contributed by atoms with van der Waals surface area (Å²) in [4.78, 5) is 13.0. The highest BCUT2D eigenvalue weighted by atomic mass is 16.5. The van der Waals surface area contributed by atoms with Crippen LogP contribution in [0, 0.1) is 26.2 Å². The third-order valence-corrected chi connectivity index (χ3v) is 4.53. The van der Waals surface area contributed by atoms with Gasteiger partial charge in [-0.2, -0.15) is 0 Å². The van der Waals surface area contributed by atoms with Crippen molar-refractivity contribution >= 4 is 11.9 Å². The molecular formula is C16H23N3O3. The Kier molecular flexibility index (Phi) is 3.81. The zero-order valence-corrected chi connectivity index (χ0v) is 13.7. The molecular weight excluding hydrogens is 282 g/mol. The van der Waals surface area contributed by atoms with Crippen LogP contribution in [0.3, 0.4) is 0 Å². The predicted molar refractivity (Wildman–Crippen MR) is 84.1 cm³/mol. The standard InChI is InChI=1S/C16H23N3O3/c1-8-9(2)14-12(10(3)13(8)21)6-7-16(5,22-14)19(11(4)20)15(17)18/h21H,6-7H2,1-5H3,(H3,17,18). The van der Waals surface area contributed by atoms with Crippen molar-refractivity contribution in [1.29, 1.82) is 5.41 Å². The van der Waals surface area contributed by atoms with E-state index in [9.17, 15) is 9.90 Å². The molecule has 0 saturated carbocycles. The van der Waals surface area contributed by atoms with Gasteiger partial charge in [-0.1, -0.05) is 0 Å². The Labute approximate surface area is 130 Å². The molecule has 2 rings (SSSR count). The van der Waals surface area contributed by atoms with Crippen LogP contribution in [0.1, 0.15) is 42.5 Å². The molecule has 6 heteroatoms. The van der Waals surface area contributed by atoms with Gasteiger partial charge in [0.25, 0.3) is 0 Å². The average molecular weight is 305 g/mol. The number of hydrogen-bond donors (Lipinski definition) is 3. The molecule has 0 aliphatic carbocycles. The van der Waals surface area contributed by atoms with E-state index in [1.54, 1.807) is 6.92 Å². The van der Waals surface area contributed by atoms with E-state index in [0.29, 0.717) is 24.3 Å². The summed E-state index contributed by atoms with van der Waals surface area (Å²) in [6, 6.07) is 0. The Morgan fingerprint density at radius 3 is 2.41 bits per heavy atom. The molecule has 6 nitrogen and oxygen atoms in total. The Morgan fingerprint density at radius 1 is 1.32 bits per heavy atom. The highest BCUT2D eigenvalue weighted by Gasteiger charge is 2.42. The Bertz CT molecular complexity index is 655. The molecule has 1 aromatic rings. The van der Waals surface area contributed by atoms with Gasteiger partial charge in [0.1, 0.15) is 11.5 Å². The van der Waals surface area contributed by atoms with E-state index in [1.165, 1.54) is 11.8 Å². The predicted octanol–water partition coefficient (Wildman–Crippen LogP) is 2.10. The number of guanidine groups is 1. The molecule has 0 aromatic heterocycles. The van der Waals surface area contributed by atoms with Crippen LogP contribution in [0.25, 0.3) is 0 Å². The molecule has 1 atom stereocenters. The van der Waals surface area contributed by atoms with Crippen LogP contribution in [0.4, 0.5) is 0 Å². The molecule has 1 unspecified atom stereocenters. The molecule has 120 valence electrons. The highest BCUT2D eigenvalue weighted by Crippen LogP contribution is 2.44. The number of benzene rings is 1. The molecule has 4 N–H and O–H groups in total. The van der Waals surface area contributed by atoms with E-state index in [1.807, 2.05) is 20.8 Å². The smallest absolute Gasteiger partial charge is 0.229 e. The fourth-order valence-corrected chi connectivity index (χ4v) is 3.15. The zero-order valence-electron chi connectivity index (χ0n) is 13.7. The molecule has 0 spiro atoms. The lowest BCUT2D eigenvalue weighted by molar-refractivity contribution is -0.140. The summed E-state index contributed by atoms with van der Waals surface area (Å²) in [6.07, 6.45) is 1.14. The molecule has 1 amide bonds. The summed E-state index contributed by atoms with van der Waals surface area (Å²) in [5.41, 5.74) is 7.93. The van der Waals surface area contributed by atoms with E-state index in [2.05, 4.69) is 0 Å². The highest BCUT2D eigenvalue weighted by molar-refractivity contribution is 5.94. The second-order valence-corrected chi connectivity index (χ2v) is 6.05. The number of phenols is 1. The first-order chi connectivity index (χ1) is 10.1. The summed E-state index contributed by atoms with van der Waals surface area (Å²) in [6.45, 7) is 8.70. The maximum Gasteiger partial charge on any atom is 0.229 e. The largest absolute Gasteiger partial charge is 0.507 e. The van der Waals surface area contributed by atoms with Gasteiger partial charge in [-0.05, 0) is 50.8 Å². The first-order valence-corrected chi connectivity index (χ1v) is 7.25. The van der Waals surface area contributed by atoms with Gasteiger partial charge in [-0.25, -0.2) is 4.90 Å². The van der Waals surface area contributed by atoms with Crippen molar-refractivity contribution in [3.8, 4) is 11.5 Å². The molecule has 1 aromatic carbocycles. The second kappa shape index (κ2) is 5.19. The summed E-state index contributed by atoms with van der Waals surface area (Å²) >= 11 is 0. The van der Waals surface area contributed by atoms with Gasteiger partial charge in [0.15, 0.2) is 11.7 Å². The molecule has 1 aliphatic heterocycles. The van der Waals surface area contributed by atoms with Gasteiger partial charge in [-0.15, -0.1) is 0 Å². The third-order valence-electron chi connectivity index (χ3n) is 4.53. The van der Waals surface area contributed by atoms with Crippen molar-refractivity contribution in [3.05, 3.63) is 22.3 Å². The van der Waals surface area contributed by atoms with Crippen LogP contribution in [-0.4, -0.2) is 27.6 Å². The first-order valence-electron chi connectivity index (χ1n) is 7.25. The van der Waals surface area contributed by atoms with E-state index in [0.717, 1.165) is 22.3 Å². The normalized spacial score (nSPS) is 20.0. The first kappa shape index (κ1) is 16.1. The van der Waals surface area contributed by atoms with Crippen LogP contribution in [0.2, 0.25) is 0 Å². The van der Waals surface area contributed by atoms with Gasteiger partial charge in [0.2, 0.25) is 5.91 Å². The lowest BCUT2D eigenvalue weighted by Gasteiger charge is -2.43. The van der Waals surface area contributed by atoms with Crippen molar-refractivity contribution in [2.75, 3.05) is 0 Å². The summed E-state index contributed by atoms with van der Waals surface area (Å²) in [5.74, 6) is 0.305. The SMILES string of the molecule is CC(=O)N(C(=N)N)C1(C)CCc2c(C)c(O)c(C)c(C)c2O1.